The number of nitrogens with one attached hydrogen (secondary N) is 1. The predicted octanol–water partition coefficient (Wildman–Crippen LogP) is 3.50. The van der Waals surface area contributed by atoms with Gasteiger partial charge in [0.1, 0.15) is 0 Å². The molecular formula is C26H36N2O4S2. The van der Waals surface area contributed by atoms with Gasteiger partial charge in [-0.2, -0.15) is 0 Å². The maximum absolute atomic E-state index is 12.6. The van der Waals surface area contributed by atoms with Gasteiger partial charge in [0, 0.05) is 17.2 Å². The van der Waals surface area contributed by atoms with E-state index in [4.69, 9.17) is 5.14 Å². The molecule has 186 valence electrons. The van der Waals surface area contributed by atoms with Crippen LogP contribution in [0.15, 0.2) is 82.6 Å². The van der Waals surface area contributed by atoms with Crippen LogP contribution in [0.4, 0.5) is 0 Å². The molecule has 3 aromatic carbocycles. The Morgan fingerprint density at radius 1 is 0.882 bits per heavy atom. The van der Waals surface area contributed by atoms with Crippen molar-refractivity contribution in [2.24, 2.45) is 5.14 Å². The zero-order valence-corrected chi connectivity index (χ0v) is 21.2. The standard InChI is InChI=1S/C26H32N2O2S2.2H2O/c1-2-3-15-28-20-23-18-25(31-16-14-21-10-6-4-7-11-21)24(26(19-23)32(27,29)30)17-22-12-8-5-9-13-22;;/h4-13,18-19,28H,2-3,14-17,20H2,1H3,(H2,27,29,30);2*1H2. The minimum absolute atomic E-state index is 0. The molecule has 0 fully saturated rings. The molecule has 0 atom stereocenters. The number of unbranched alkanes of at least 4 members (excludes halogenated alkanes) is 1. The molecule has 0 aliphatic heterocycles. The maximum Gasteiger partial charge on any atom is 0.238 e. The van der Waals surface area contributed by atoms with Crippen molar-refractivity contribution in [2.75, 3.05) is 12.3 Å². The third-order valence-electron chi connectivity index (χ3n) is 5.29. The van der Waals surface area contributed by atoms with Crippen molar-refractivity contribution in [1.29, 1.82) is 0 Å². The Morgan fingerprint density at radius 2 is 1.50 bits per heavy atom. The smallest absolute Gasteiger partial charge is 0.238 e. The normalized spacial score (nSPS) is 10.9. The summed E-state index contributed by atoms with van der Waals surface area (Å²) < 4.78 is 25.1. The number of sulfonamides is 1. The maximum atomic E-state index is 12.6. The predicted molar refractivity (Wildman–Crippen MR) is 142 cm³/mol. The number of rotatable bonds is 12. The Balaban J connectivity index is 0.00000289. The van der Waals surface area contributed by atoms with Gasteiger partial charge in [0.2, 0.25) is 10.0 Å². The van der Waals surface area contributed by atoms with Crippen molar-refractivity contribution in [3.8, 4) is 0 Å². The van der Waals surface area contributed by atoms with Crippen LogP contribution in [0, 0.1) is 0 Å². The largest absolute Gasteiger partial charge is 0.412 e. The Bertz CT molecular complexity index is 1090. The van der Waals surface area contributed by atoms with Gasteiger partial charge in [-0.25, -0.2) is 13.6 Å². The topological polar surface area (TPSA) is 135 Å². The Labute approximate surface area is 207 Å². The van der Waals surface area contributed by atoms with Crippen LogP contribution in [0.1, 0.15) is 42.0 Å². The van der Waals surface area contributed by atoms with E-state index < -0.39 is 10.0 Å². The highest BCUT2D eigenvalue weighted by molar-refractivity contribution is 7.99. The first-order valence-corrected chi connectivity index (χ1v) is 13.6. The van der Waals surface area contributed by atoms with Gasteiger partial charge in [0.25, 0.3) is 0 Å². The Morgan fingerprint density at radius 3 is 2.09 bits per heavy atom. The number of aryl methyl sites for hydroxylation is 1. The fourth-order valence-corrected chi connectivity index (χ4v) is 5.65. The number of primary sulfonamides is 1. The minimum atomic E-state index is -3.85. The van der Waals surface area contributed by atoms with Gasteiger partial charge in [0.15, 0.2) is 0 Å². The first-order valence-electron chi connectivity index (χ1n) is 11.1. The lowest BCUT2D eigenvalue weighted by molar-refractivity contribution is 0.595. The van der Waals surface area contributed by atoms with E-state index in [1.54, 1.807) is 17.8 Å². The summed E-state index contributed by atoms with van der Waals surface area (Å²) in [6, 6.07) is 24.2. The molecule has 0 saturated carbocycles. The van der Waals surface area contributed by atoms with Crippen molar-refractivity contribution in [3.63, 3.8) is 0 Å². The van der Waals surface area contributed by atoms with Gasteiger partial charge in [-0.15, -0.1) is 11.8 Å². The van der Waals surface area contributed by atoms with Crippen LogP contribution in [-0.4, -0.2) is 31.7 Å². The number of nitrogens with two attached hydrogens (primary N) is 1. The molecule has 3 aromatic rings. The summed E-state index contributed by atoms with van der Waals surface area (Å²) in [5.41, 5.74) is 4.07. The van der Waals surface area contributed by atoms with E-state index in [2.05, 4.69) is 30.4 Å². The Kier molecular flexibility index (Phi) is 13.1. The second kappa shape index (κ2) is 14.9. The zero-order chi connectivity index (χ0) is 22.8. The van der Waals surface area contributed by atoms with E-state index in [1.807, 2.05) is 48.5 Å². The molecule has 0 heterocycles. The number of hydrogen-bond donors (Lipinski definition) is 2. The van der Waals surface area contributed by atoms with E-state index >= 15 is 0 Å². The molecule has 0 unspecified atom stereocenters. The van der Waals surface area contributed by atoms with Crippen molar-refractivity contribution < 1.29 is 19.4 Å². The third-order valence-corrected chi connectivity index (χ3v) is 7.35. The monoisotopic (exact) mass is 504 g/mol. The second-order valence-electron chi connectivity index (χ2n) is 7.89. The summed E-state index contributed by atoms with van der Waals surface area (Å²) in [5.74, 6) is 0.864. The average molecular weight is 505 g/mol. The Hall–Kier alpha value is -2.20. The summed E-state index contributed by atoms with van der Waals surface area (Å²) in [4.78, 5) is 1.22. The molecule has 6 nitrogen and oxygen atoms in total. The highest BCUT2D eigenvalue weighted by atomic mass is 32.2. The molecule has 0 saturated heterocycles. The molecule has 0 aromatic heterocycles. The van der Waals surface area contributed by atoms with Crippen LogP contribution in [0.3, 0.4) is 0 Å². The molecule has 0 amide bonds. The lowest BCUT2D eigenvalue weighted by atomic mass is 10.0. The van der Waals surface area contributed by atoms with Crippen LogP contribution in [0.5, 0.6) is 0 Å². The van der Waals surface area contributed by atoms with Crippen LogP contribution >= 0.6 is 11.8 Å². The quantitative estimate of drug-likeness (QED) is 0.288. The van der Waals surface area contributed by atoms with E-state index in [0.717, 1.165) is 53.1 Å². The molecule has 3 rings (SSSR count). The van der Waals surface area contributed by atoms with E-state index in [9.17, 15) is 8.42 Å². The highest BCUT2D eigenvalue weighted by Gasteiger charge is 2.20. The van der Waals surface area contributed by atoms with Crippen LogP contribution in [0.2, 0.25) is 0 Å². The lowest BCUT2D eigenvalue weighted by Crippen LogP contribution is -2.18. The summed E-state index contributed by atoms with van der Waals surface area (Å²) >= 11 is 1.70. The van der Waals surface area contributed by atoms with Crippen molar-refractivity contribution in [2.45, 2.75) is 48.9 Å². The number of thioether (sulfide) groups is 1. The molecule has 0 spiro atoms. The molecule has 0 bridgehead atoms. The molecular weight excluding hydrogens is 468 g/mol. The van der Waals surface area contributed by atoms with Crippen LogP contribution < -0.4 is 10.5 Å². The van der Waals surface area contributed by atoms with Gasteiger partial charge in [-0.3, -0.25) is 0 Å². The number of benzene rings is 3. The van der Waals surface area contributed by atoms with E-state index in [-0.39, 0.29) is 15.8 Å². The van der Waals surface area contributed by atoms with Gasteiger partial charge in [-0.05, 0) is 60.2 Å². The molecule has 0 aliphatic carbocycles. The number of hydrogen-bond acceptors (Lipinski definition) is 4. The van der Waals surface area contributed by atoms with Gasteiger partial charge in [-0.1, -0.05) is 74.0 Å². The summed E-state index contributed by atoms with van der Waals surface area (Å²) in [5, 5.41) is 9.10. The molecule has 0 radical (unpaired) electrons. The van der Waals surface area contributed by atoms with Gasteiger partial charge in [0.05, 0.1) is 4.90 Å². The zero-order valence-electron chi connectivity index (χ0n) is 19.6. The molecule has 7 N–H and O–H groups in total. The SMILES string of the molecule is CCCCNCc1cc(SCCc2ccccc2)c(Cc2ccccc2)c(S(N)(=O)=O)c1.O.O. The van der Waals surface area contributed by atoms with E-state index in [1.165, 1.54) is 5.56 Å². The third kappa shape index (κ3) is 9.21. The first-order chi connectivity index (χ1) is 15.5. The van der Waals surface area contributed by atoms with Gasteiger partial charge < -0.3 is 16.3 Å². The second-order valence-corrected chi connectivity index (χ2v) is 10.6. The molecule has 0 aliphatic rings. The summed E-state index contributed by atoms with van der Waals surface area (Å²) in [6.45, 7) is 3.68. The van der Waals surface area contributed by atoms with Crippen molar-refractivity contribution in [1.82, 2.24) is 5.32 Å². The van der Waals surface area contributed by atoms with Crippen molar-refractivity contribution >= 4 is 21.8 Å². The van der Waals surface area contributed by atoms with Gasteiger partial charge >= 0.3 is 0 Å². The fraction of sp³-hybridized carbons (Fsp3) is 0.308. The summed E-state index contributed by atoms with van der Waals surface area (Å²) in [7, 11) is -3.85. The minimum Gasteiger partial charge on any atom is -0.412 e. The molecule has 34 heavy (non-hydrogen) atoms. The fourth-order valence-electron chi connectivity index (χ4n) is 3.59. The molecule has 8 heteroatoms. The first kappa shape index (κ1) is 29.8. The van der Waals surface area contributed by atoms with E-state index in [0.29, 0.717) is 13.0 Å². The van der Waals surface area contributed by atoms with Crippen LogP contribution in [-0.2, 0) is 29.4 Å². The highest BCUT2D eigenvalue weighted by Crippen LogP contribution is 2.32. The van der Waals surface area contributed by atoms with Crippen LogP contribution in [0.25, 0.3) is 0 Å². The lowest BCUT2D eigenvalue weighted by Gasteiger charge is -2.17. The average Bonchev–Trinajstić information content (AvgIpc) is 2.78. The van der Waals surface area contributed by atoms with Crippen molar-refractivity contribution in [3.05, 3.63) is 95.1 Å². The summed E-state index contributed by atoms with van der Waals surface area (Å²) in [6.07, 6.45) is 3.66.